The Kier molecular flexibility index (Phi) is 8.01. The number of urea groups is 1. The number of piperidine rings is 1. The minimum atomic E-state index is -0.972. The summed E-state index contributed by atoms with van der Waals surface area (Å²) < 4.78 is 5.25. The third kappa shape index (κ3) is 6.21. The topological polar surface area (TPSA) is 143 Å². The first-order valence-electron chi connectivity index (χ1n) is 10.8. The molecular weight excluding hydrogens is 442 g/mol. The fourth-order valence-corrected chi connectivity index (χ4v) is 3.68. The fourth-order valence-electron chi connectivity index (χ4n) is 3.68. The lowest BCUT2D eigenvalue weighted by Crippen LogP contribution is -2.44. The van der Waals surface area contributed by atoms with Gasteiger partial charge in [0, 0.05) is 25.7 Å². The number of rotatable bonds is 6. The average Bonchev–Trinajstić information content (AvgIpc) is 2.84. The summed E-state index contributed by atoms with van der Waals surface area (Å²) in [5.74, 6) is -1.17. The highest BCUT2D eigenvalue weighted by atomic mass is 16.6. The maximum atomic E-state index is 12.6. The molecule has 1 heterocycles. The number of carbonyl (C=O) groups is 3. The zero-order valence-corrected chi connectivity index (χ0v) is 19.0. The van der Waals surface area contributed by atoms with E-state index >= 15 is 0 Å². The predicted octanol–water partition coefficient (Wildman–Crippen LogP) is 2.91. The summed E-state index contributed by atoms with van der Waals surface area (Å²) in [5, 5.41) is 18.9. The maximum absolute atomic E-state index is 12.6. The Morgan fingerprint density at radius 2 is 1.76 bits per heavy atom. The Hall–Kier alpha value is -4.15. The van der Waals surface area contributed by atoms with Crippen molar-refractivity contribution in [2.45, 2.75) is 19.8 Å². The Labute approximate surface area is 196 Å². The van der Waals surface area contributed by atoms with Gasteiger partial charge in [-0.1, -0.05) is 18.2 Å². The number of nitro groups is 1. The first-order chi connectivity index (χ1) is 16.3. The van der Waals surface area contributed by atoms with Crippen molar-refractivity contribution in [1.29, 1.82) is 0 Å². The number of carbonyl (C=O) groups excluding carboxylic acids is 3. The lowest BCUT2D eigenvalue weighted by Gasteiger charge is -2.32. The van der Waals surface area contributed by atoms with Crippen LogP contribution in [0.4, 0.5) is 21.9 Å². The molecule has 2 aromatic carbocycles. The van der Waals surface area contributed by atoms with Crippen LogP contribution < -0.4 is 20.7 Å². The molecule has 34 heavy (non-hydrogen) atoms. The molecule has 0 bridgehead atoms. The normalized spacial score (nSPS) is 13.6. The first-order valence-corrected chi connectivity index (χ1v) is 10.8. The molecule has 0 saturated carbocycles. The number of methoxy groups -OCH3 is 1. The zero-order valence-electron chi connectivity index (χ0n) is 19.0. The minimum absolute atomic E-state index is 0.0369. The number of amides is 4. The summed E-state index contributed by atoms with van der Waals surface area (Å²) in [5.41, 5.74) is 0.936. The second-order valence-electron chi connectivity index (χ2n) is 8.00. The van der Waals surface area contributed by atoms with Gasteiger partial charge in [0.05, 0.1) is 17.7 Å². The molecule has 11 nitrogen and oxygen atoms in total. The van der Waals surface area contributed by atoms with Gasteiger partial charge in [-0.3, -0.25) is 19.7 Å². The highest BCUT2D eigenvalue weighted by Gasteiger charge is 2.25. The molecule has 1 aliphatic rings. The molecule has 180 valence electrons. The summed E-state index contributed by atoms with van der Waals surface area (Å²) in [7, 11) is 1.53. The third-order valence-corrected chi connectivity index (χ3v) is 5.61. The van der Waals surface area contributed by atoms with E-state index in [9.17, 15) is 24.5 Å². The van der Waals surface area contributed by atoms with Crippen molar-refractivity contribution in [3.8, 4) is 5.75 Å². The van der Waals surface area contributed by atoms with Crippen molar-refractivity contribution in [2.24, 2.45) is 5.92 Å². The van der Waals surface area contributed by atoms with Gasteiger partial charge in [-0.05, 0) is 49.4 Å². The Balaban J connectivity index is 1.45. The van der Waals surface area contributed by atoms with E-state index in [0.717, 1.165) is 0 Å². The van der Waals surface area contributed by atoms with E-state index in [0.29, 0.717) is 42.9 Å². The molecule has 2 aromatic rings. The van der Waals surface area contributed by atoms with Crippen LogP contribution in [0.25, 0.3) is 0 Å². The van der Waals surface area contributed by atoms with Crippen LogP contribution in [0.5, 0.6) is 5.75 Å². The van der Waals surface area contributed by atoms with Crippen LogP contribution in [0.2, 0.25) is 0 Å². The van der Waals surface area contributed by atoms with Gasteiger partial charge in [0.1, 0.15) is 11.4 Å². The average molecular weight is 469 g/mol. The summed E-state index contributed by atoms with van der Waals surface area (Å²) >= 11 is 0. The minimum Gasteiger partial charge on any atom is -0.495 e. The lowest BCUT2D eigenvalue weighted by molar-refractivity contribution is -0.384. The van der Waals surface area contributed by atoms with Crippen molar-refractivity contribution in [2.75, 3.05) is 37.4 Å². The highest BCUT2D eigenvalue weighted by Crippen LogP contribution is 2.26. The molecule has 1 aliphatic heterocycles. The van der Waals surface area contributed by atoms with Crippen molar-refractivity contribution >= 4 is 34.9 Å². The highest BCUT2D eigenvalue weighted by molar-refractivity contribution is 6.39. The zero-order chi connectivity index (χ0) is 24.7. The van der Waals surface area contributed by atoms with E-state index in [1.807, 2.05) is 6.07 Å². The van der Waals surface area contributed by atoms with E-state index in [-0.39, 0.29) is 29.9 Å². The molecule has 0 radical (unpaired) electrons. The monoisotopic (exact) mass is 469 g/mol. The molecule has 1 saturated heterocycles. The van der Waals surface area contributed by atoms with E-state index in [1.54, 1.807) is 36.1 Å². The van der Waals surface area contributed by atoms with E-state index in [4.69, 9.17) is 4.74 Å². The molecule has 3 N–H and O–H groups in total. The molecule has 1 fully saturated rings. The summed E-state index contributed by atoms with van der Waals surface area (Å²) in [6, 6.07) is 11.2. The standard InChI is InChI=1S/C23H27N5O6/c1-15-7-8-17(19(13-15)28(32)33)25-22(30)21(29)24-14-16-9-11-27(12-10-16)23(31)26-18-5-3-4-6-20(18)34-2/h3-8,13,16H,9-12,14H2,1-2H3,(H,24,29)(H,25,30)(H,26,31). The summed E-state index contributed by atoms with van der Waals surface area (Å²) in [6.07, 6.45) is 1.31. The van der Waals surface area contributed by atoms with Gasteiger partial charge in [-0.25, -0.2) is 4.79 Å². The largest absolute Gasteiger partial charge is 0.495 e. The van der Waals surface area contributed by atoms with Crippen LogP contribution in [0.3, 0.4) is 0 Å². The molecule has 11 heteroatoms. The Bertz CT molecular complexity index is 1080. The second kappa shape index (κ2) is 11.1. The number of nitrogens with one attached hydrogen (secondary N) is 3. The first kappa shape index (κ1) is 24.5. The van der Waals surface area contributed by atoms with Crippen molar-refractivity contribution in [3.63, 3.8) is 0 Å². The van der Waals surface area contributed by atoms with Gasteiger partial charge in [-0.15, -0.1) is 0 Å². The third-order valence-electron chi connectivity index (χ3n) is 5.61. The number of likely N-dealkylation sites (tertiary alicyclic amines) is 1. The molecule has 3 rings (SSSR count). The van der Waals surface area contributed by atoms with E-state index in [2.05, 4.69) is 16.0 Å². The number of anilines is 2. The quantitative estimate of drug-likeness (QED) is 0.337. The molecule has 0 aromatic heterocycles. The number of ether oxygens (including phenoxy) is 1. The van der Waals surface area contributed by atoms with Gasteiger partial charge in [0.15, 0.2) is 0 Å². The number of para-hydroxylation sites is 2. The number of nitrogens with zero attached hydrogens (tertiary/aromatic N) is 2. The Morgan fingerprint density at radius 1 is 1.06 bits per heavy atom. The number of hydrogen-bond acceptors (Lipinski definition) is 6. The van der Waals surface area contributed by atoms with Crippen molar-refractivity contribution in [1.82, 2.24) is 10.2 Å². The maximum Gasteiger partial charge on any atom is 0.321 e. The second-order valence-corrected chi connectivity index (χ2v) is 8.00. The molecule has 0 spiro atoms. The van der Waals surface area contributed by atoms with E-state index < -0.39 is 16.7 Å². The van der Waals surface area contributed by atoms with E-state index in [1.165, 1.54) is 19.2 Å². The predicted molar refractivity (Wildman–Crippen MR) is 126 cm³/mol. The van der Waals surface area contributed by atoms with Gasteiger partial charge >= 0.3 is 17.8 Å². The lowest BCUT2D eigenvalue weighted by atomic mass is 9.97. The van der Waals surface area contributed by atoms with Crippen LogP contribution in [-0.4, -0.2) is 54.4 Å². The number of hydrogen-bond donors (Lipinski definition) is 3. The van der Waals surface area contributed by atoms with Crippen LogP contribution in [-0.2, 0) is 9.59 Å². The summed E-state index contributed by atoms with van der Waals surface area (Å²) in [4.78, 5) is 49.2. The fraction of sp³-hybridized carbons (Fsp3) is 0.348. The number of nitro benzene ring substituents is 1. The van der Waals surface area contributed by atoms with Crippen LogP contribution >= 0.6 is 0 Å². The van der Waals surface area contributed by atoms with Crippen molar-refractivity contribution in [3.05, 3.63) is 58.1 Å². The molecule has 0 aliphatic carbocycles. The van der Waals surface area contributed by atoms with Gasteiger partial charge < -0.3 is 25.6 Å². The molecule has 4 amide bonds. The molecular formula is C23H27N5O6. The van der Waals surface area contributed by atoms with Gasteiger partial charge in [-0.2, -0.15) is 0 Å². The van der Waals surface area contributed by atoms with Crippen LogP contribution in [0, 0.1) is 23.0 Å². The van der Waals surface area contributed by atoms with Gasteiger partial charge in [0.25, 0.3) is 5.69 Å². The van der Waals surface area contributed by atoms with Crippen LogP contribution in [0.15, 0.2) is 42.5 Å². The number of benzene rings is 2. The Morgan fingerprint density at radius 3 is 2.44 bits per heavy atom. The number of aryl methyl sites for hydroxylation is 1. The SMILES string of the molecule is COc1ccccc1NC(=O)N1CCC(CNC(=O)C(=O)Nc2ccc(C)cc2[N+](=O)[O-])CC1. The smallest absolute Gasteiger partial charge is 0.321 e. The van der Waals surface area contributed by atoms with Crippen molar-refractivity contribution < 1.29 is 24.0 Å². The molecule has 0 atom stereocenters. The van der Waals surface area contributed by atoms with Gasteiger partial charge in [0.2, 0.25) is 0 Å². The van der Waals surface area contributed by atoms with Crippen LogP contribution in [0.1, 0.15) is 18.4 Å². The summed E-state index contributed by atoms with van der Waals surface area (Å²) in [6.45, 7) is 2.97. The molecule has 0 unspecified atom stereocenters.